The van der Waals surface area contributed by atoms with Gasteiger partial charge in [-0.2, -0.15) is 0 Å². The molecular formula is C16H23BrN2O. The molecule has 0 spiro atoms. The van der Waals surface area contributed by atoms with Crippen LogP contribution in [-0.4, -0.2) is 32.1 Å². The first-order valence-electron chi connectivity index (χ1n) is 7.13. The van der Waals surface area contributed by atoms with Crippen molar-refractivity contribution in [2.75, 3.05) is 27.2 Å². The van der Waals surface area contributed by atoms with Crippen molar-refractivity contribution in [1.29, 1.82) is 0 Å². The van der Waals surface area contributed by atoms with Crippen LogP contribution in [0.1, 0.15) is 31.6 Å². The van der Waals surface area contributed by atoms with E-state index in [0.29, 0.717) is 0 Å². The van der Waals surface area contributed by atoms with Crippen LogP contribution in [-0.2, 0) is 0 Å². The van der Waals surface area contributed by atoms with E-state index in [9.17, 15) is 0 Å². The van der Waals surface area contributed by atoms with E-state index in [0.717, 1.165) is 34.3 Å². The molecule has 0 radical (unpaired) electrons. The smallest absolute Gasteiger partial charge is 0.134 e. The maximum absolute atomic E-state index is 5.89. The molecule has 110 valence electrons. The Bertz CT molecular complexity index is 550. The highest BCUT2D eigenvalue weighted by Gasteiger charge is 2.10. The molecule has 0 amide bonds. The summed E-state index contributed by atoms with van der Waals surface area (Å²) in [6.07, 6.45) is 2.41. The molecule has 20 heavy (non-hydrogen) atoms. The van der Waals surface area contributed by atoms with Gasteiger partial charge < -0.3 is 14.6 Å². The summed E-state index contributed by atoms with van der Waals surface area (Å²) in [5.74, 6) is 1.01. The molecule has 1 N–H and O–H groups in total. The Morgan fingerprint density at radius 2 is 2.05 bits per heavy atom. The number of unbranched alkanes of at least 4 members (excludes halogenated alkanes) is 1. The van der Waals surface area contributed by atoms with Crippen LogP contribution in [0.3, 0.4) is 0 Å². The highest BCUT2D eigenvalue weighted by molar-refractivity contribution is 9.10. The molecule has 1 aromatic carbocycles. The highest BCUT2D eigenvalue weighted by Crippen LogP contribution is 2.26. The molecule has 0 bridgehead atoms. The molecule has 1 heterocycles. The second-order valence-corrected chi connectivity index (χ2v) is 6.43. The summed E-state index contributed by atoms with van der Waals surface area (Å²) in [6, 6.07) is 8.48. The van der Waals surface area contributed by atoms with Crippen molar-refractivity contribution in [3.8, 4) is 0 Å². The Hall–Kier alpha value is -0.840. The summed E-state index contributed by atoms with van der Waals surface area (Å²) >= 11 is 3.49. The quantitative estimate of drug-likeness (QED) is 0.767. The monoisotopic (exact) mass is 338 g/mol. The molecule has 1 atom stereocenters. The molecule has 1 aromatic heterocycles. The van der Waals surface area contributed by atoms with Gasteiger partial charge >= 0.3 is 0 Å². The van der Waals surface area contributed by atoms with Crippen molar-refractivity contribution in [2.24, 2.45) is 0 Å². The summed E-state index contributed by atoms with van der Waals surface area (Å²) in [5.41, 5.74) is 0.949. The van der Waals surface area contributed by atoms with Crippen LogP contribution in [0.15, 0.2) is 33.2 Å². The van der Waals surface area contributed by atoms with Crippen LogP contribution < -0.4 is 5.32 Å². The normalized spacial score (nSPS) is 13.2. The van der Waals surface area contributed by atoms with Gasteiger partial charge in [0.1, 0.15) is 11.3 Å². The maximum Gasteiger partial charge on any atom is 0.134 e. The first kappa shape index (κ1) is 15.5. The van der Waals surface area contributed by atoms with Gasteiger partial charge in [-0.3, -0.25) is 0 Å². The fourth-order valence-corrected chi connectivity index (χ4v) is 2.60. The van der Waals surface area contributed by atoms with Crippen LogP contribution >= 0.6 is 15.9 Å². The molecule has 0 aliphatic carbocycles. The van der Waals surface area contributed by atoms with Gasteiger partial charge in [-0.15, -0.1) is 0 Å². The minimum absolute atomic E-state index is 0.250. The lowest BCUT2D eigenvalue weighted by Crippen LogP contribution is -2.21. The van der Waals surface area contributed by atoms with E-state index < -0.39 is 0 Å². The van der Waals surface area contributed by atoms with Crippen LogP contribution in [0.2, 0.25) is 0 Å². The Kier molecular flexibility index (Phi) is 5.64. The minimum atomic E-state index is 0.250. The number of fused-ring (bicyclic) bond motifs is 1. The van der Waals surface area contributed by atoms with Crippen molar-refractivity contribution in [3.05, 3.63) is 34.5 Å². The number of halogens is 1. The van der Waals surface area contributed by atoms with Gasteiger partial charge in [0.2, 0.25) is 0 Å². The topological polar surface area (TPSA) is 28.4 Å². The van der Waals surface area contributed by atoms with E-state index in [-0.39, 0.29) is 6.04 Å². The number of nitrogens with zero attached hydrogens (tertiary/aromatic N) is 1. The number of rotatable bonds is 7. The van der Waals surface area contributed by atoms with E-state index in [2.05, 4.69) is 59.3 Å². The summed E-state index contributed by atoms with van der Waals surface area (Å²) in [7, 11) is 4.23. The third kappa shape index (κ3) is 4.33. The van der Waals surface area contributed by atoms with Crippen LogP contribution in [0.25, 0.3) is 11.0 Å². The molecule has 1 unspecified atom stereocenters. The second kappa shape index (κ2) is 7.25. The van der Waals surface area contributed by atoms with E-state index in [1.165, 1.54) is 12.8 Å². The average Bonchev–Trinajstić information content (AvgIpc) is 2.80. The van der Waals surface area contributed by atoms with Crippen molar-refractivity contribution in [1.82, 2.24) is 10.2 Å². The molecule has 0 saturated heterocycles. The molecule has 0 saturated carbocycles. The Morgan fingerprint density at radius 1 is 1.25 bits per heavy atom. The van der Waals surface area contributed by atoms with Gasteiger partial charge in [-0.25, -0.2) is 0 Å². The molecule has 0 fully saturated rings. The number of nitrogens with one attached hydrogen (secondary N) is 1. The zero-order chi connectivity index (χ0) is 14.5. The lowest BCUT2D eigenvalue weighted by Gasteiger charge is -2.12. The third-order valence-electron chi connectivity index (χ3n) is 3.41. The van der Waals surface area contributed by atoms with Crippen LogP contribution in [0.4, 0.5) is 0 Å². The Labute approximate surface area is 129 Å². The zero-order valence-electron chi connectivity index (χ0n) is 12.4. The summed E-state index contributed by atoms with van der Waals surface area (Å²) in [6.45, 7) is 4.32. The van der Waals surface area contributed by atoms with E-state index in [1.807, 2.05) is 12.1 Å². The summed E-state index contributed by atoms with van der Waals surface area (Å²) in [5, 5.41) is 4.67. The molecular weight excluding hydrogens is 316 g/mol. The average molecular weight is 339 g/mol. The molecule has 3 nitrogen and oxygen atoms in total. The van der Waals surface area contributed by atoms with Gasteiger partial charge in [-0.1, -0.05) is 15.9 Å². The van der Waals surface area contributed by atoms with Crippen molar-refractivity contribution in [2.45, 2.75) is 25.8 Å². The standard InChI is InChI=1S/C16H23BrN2O/c1-12(18-8-4-5-9-19(2)3)16-11-13-10-14(17)6-7-15(13)20-16/h6-7,10-12,18H,4-5,8-9H2,1-3H3. The van der Waals surface area contributed by atoms with Crippen LogP contribution in [0, 0.1) is 0 Å². The van der Waals surface area contributed by atoms with Gasteiger partial charge in [0, 0.05) is 9.86 Å². The van der Waals surface area contributed by atoms with Gasteiger partial charge in [0.15, 0.2) is 0 Å². The van der Waals surface area contributed by atoms with E-state index in [1.54, 1.807) is 0 Å². The lowest BCUT2D eigenvalue weighted by atomic mass is 10.2. The first-order valence-corrected chi connectivity index (χ1v) is 7.92. The predicted octanol–water partition coefficient (Wildman–Crippen LogP) is 4.19. The molecule has 0 aliphatic rings. The fraction of sp³-hybridized carbons (Fsp3) is 0.500. The van der Waals surface area contributed by atoms with Crippen LogP contribution in [0.5, 0.6) is 0 Å². The SMILES string of the molecule is CC(NCCCCN(C)C)c1cc2cc(Br)ccc2o1. The Balaban J connectivity index is 1.86. The van der Waals surface area contributed by atoms with E-state index >= 15 is 0 Å². The molecule has 2 aromatic rings. The van der Waals surface area contributed by atoms with Gasteiger partial charge in [0.05, 0.1) is 6.04 Å². The molecule has 0 aliphatic heterocycles. The predicted molar refractivity (Wildman–Crippen MR) is 88.1 cm³/mol. The first-order chi connectivity index (χ1) is 9.56. The third-order valence-corrected chi connectivity index (χ3v) is 3.90. The summed E-state index contributed by atoms with van der Waals surface area (Å²) in [4.78, 5) is 2.22. The van der Waals surface area contributed by atoms with Gasteiger partial charge in [0.25, 0.3) is 0 Å². The molecule has 2 rings (SSSR count). The number of hydrogen-bond acceptors (Lipinski definition) is 3. The second-order valence-electron chi connectivity index (χ2n) is 5.52. The van der Waals surface area contributed by atoms with Crippen molar-refractivity contribution >= 4 is 26.9 Å². The Morgan fingerprint density at radius 3 is 2.80 bits per heavy atom. The largest absolute Gasteiger partial charge is 0.459 e. The highest BCUT2D eigenvalue weighted by atomic mass is 79.9. The van der Waals surface area contributed by atoms with Crippen molar-refractivity contribution < 1.29 is 4.42 Å². The molecule has 4 heteroatoms. The van der Waals surface area contributed by atoms with Crippen molar-refractivity contribution in [3.63, 3.8) is 0 Å². The lowest BCUT2D eigenvalue weighted by molar-refractivity contribution is 0.384. The maximum atomic E-state index is 5.89. The summed E-state index contributed by atoms with van der Waals surface area (Å²) < 4.78 is 6.97. The number of benzene rings is 1. The van der Waals surface area contributed by atoms with Gasteiger partial charge in [-0.05, 0) is 71.2 Å². The minimum Gasteiger partial charge on any atom is -0.459 e. The number of hydrogen-bond donors (Lipinski definition) is 1. The number of furan rings is 1. The van der Waals surface area contributed by atoms with E-state index in [4.69, 9.17) is 4.42 Å². The fourth-order valence-electron chi connectivity index (χ4n) is 2.22. The zero-order valence-corrected chi connectivity index (χ0v) is 14.0.